The zero-order chi connectivity index (χ0) is 13.2. The second kappa shape index (κ2) is 5.08. The van der Waals surface area contributed by atoms with Crippen molar-refractivity contribution in [2.45, 2.75) is 26.2 Å². The fraction of sp³-hybridized carbons (Fsp3) is 0.438. The van der Waals surface area contributed by atoms with Crippen LogP contribution in [0.5, 0.6) is 0 Å². The Balaban J connectivity index is 1.90. The quantitative estimate of drug-likeness (QED) is 0.784. The number of anilines is 1. The van der Waals surface area contributed by atoms with E-state index in [1.54, 1.807) is 0 Å². The van der Waals surface area contributed by atoms with Crippen LogP contribution in [0, 0.1) is 0 Å². The standard InChI is InChI=1S/C16H20N2O/c1-12-5-4-10-18(11-12)16(19)14-6-2-8-15-13(14)7-3-9-17-15/h2,5-6,8,17H,3-4,7,9-11H2,1H3. The molecule has 3 rings (SSSR count). The van der Waals surface area contributed by atoms with E-state index in [9.17, 15) is 4.79 Å². The molecule has 0 fully saturated rings. The topological polar surface area (TPSA) is 32.3 Å². The van der Waals surface area contributed by atoms with E-state index in [4.69, 9.17) is 0 Å². The van der Waals surface area contributed by atoms with Crippen molar-refractivity contribution in [1.82, 2.24) is 4.90 Å². The first kappa shape index (κ1) is 12.3. The van der Waals surface area contributed by atoms with Gasteiger partial charge in [-0.2, -0.15) is 0 Å². The maximum Gasteiger partial charge on any atom is 0.254 e. The largest absolute Gasteiger partial charge is 0.385 e. The molecule has 1 aromatic carbocycles. The lowest BCUT2D eigenvalue weighted by Crippen LogP contribution is -2.36. The molecule has 3 nitrogen and oxygen atoms in total. The molecule has 2 aliphatic rings. The van der Waals surface area contributed by atoms with Crippen LogP contribution in [0.25, 0.3) is 0 Å². The van der Waals surface area contributed by atoms with Gasteiger partial charge in [0.25, 0.3) is 5.91 Å². The molecule has 0 bridgehead atoms. The van der Waals surface area contributed by atoms with Gasteiger partial charge in [0, 0.05) is 30.9 Å². The summed E-state index contributed by atoms with van der Waals surface area (Å²) >= 11 is 0. The number of carbonyl (C=O) groups is 1. The summed E-state index contributed by atoms with van der Waals surface area (Å²) in [6.07, 6.45) is 5.32. The van der Waals surface area contributed by atoms with Gasteiger partial charge in [-0.1, -0.05) is 17.7 Å². The second-order valence-electron chi connectivity index (χ2n) is 5.43. The van der Waals surface area contributed by atoms with Crippen LogP contribution in [0.1, 0.15) is 35.7 Å². The molecule has 0 unspecified atom stereocenters. The number of nitrogens with one attached hydrogen (secondary N) is 1. The zero-order valence-corrected chi connectivity index (χ0v) is 11.4. The van der Waals surface area contributed by atoms with Crippen molar-refractivity contribution < 1.29 is 4.79 Å². The van der Waals surface area contributed by atoms with Crippen LogP contribution in [-0.4, -0.2) is 30.4 Å². The number of nitrogens with zero attached hydrogens (tertiary/aromatic N) is 1. The maximum atomic E-state index is 12.7. The van der Waals surface area contributed by atoms with E-state index in [0.717, 1.165) is 50.1 Å². The summed E-state index contributed by atoms with van der Waals surface area (Å²) in [6, 6.07) is 6.03. The number of hydrogen-bond donors (Lipinski definition) is 1. The van der Waals surface area contributed by atoms with Crippen LogP contribution in [-0.2, 0) is 6.42 Å². The lowest BCUT2D eigenvalue weighted by molar-refractivity contribution is 0.0765. The number of rotatable bonds is 1. The van der Waals surface area contributed by atoms with Crippen molar-refractivity contribution in [1.29, 1.82) is 0 Å². The Morgan fingerprint density at radius 2 is 2.26 bits per heavy atom. The molecule has 19 heavy (non-hydrogen) atoms. The number of hydrogen-bond acceptors (Lipinski definition) is 2. The van der Waals surface area contributed by atoms with E-state index >= 15 is 0 Å². The minimum absolute atomic E-state index is 0.188. The normalized spacial score (nSPS) is 18.4. The fourth-order valence-electron chi connectivity index (χ4n) is 2.97. The van der Waals surface area contributed by atoms with Crippen molar-refractivity contribution in [2.75, 3.05) is 25.0 Å². The van der Waals surface area contributed by atoms with Gasteiger partial charge in [-0.25, -0.2) is 0 Å². The third-order valence-corrected chi connectivity index (χ3v) is 3.94. The molecule has 1 amide bonds. The number of carbonyl (C=O) groups excluding carboxylic acids is 1. The zero-order valence-electron chi connectivity index (χ0n) is 11.4. The van der Waals surface area contributed by atoms with Crippen LogP contribution in [0.2, 0.25) is 0 Å². The molecule has 2 heterocycles. The smallest absolute Gasteiger partial charge is 0.254 e. The van der Waals surface area contributed by atoms with Gasteiger partial charge in [0.05, 0.1) is 0 Å². The van der Waals surface area contributed by atoms with Crippen molar-refractivity contribution in [3.8, 4) is 0 Å². The van der Waals surface area contributed by atoms with Crippen LogP contribution in [0.3, 0.4) is 0 Å². The molecule has 3 heteroatoms. The predicted molar refractivity (Wildman–Crippen MR) is 77.5 cm³/mol. The molecule has 0 aliphatic carbocycles. The Bertz CT molecular complexity index is 534. The Hall–Kier alpha value is -1.77. The molecule has 0 saturated heterocycles. The highest BCUT2D eigenvalue weighted by Crippen LogP contribution is 2.26. The summed E-state index contributed by atoms with van der Waals surface area (Å²) in [5, 5.41) is 3.39. The van der Waals surface area contributed by atoms with Gasteiger partial charge in [0.2, 0.25) is 0 Å². The summed E-state index contributed by atoms with van der Waals surface area (Å²) in [5.41, 5.74) is 4.52. The third-order valence-electron chi connectivity index (χ3n) is 3.94. The van der Waals surface area contributed by atoms with E-state index < -0.39 is 0 Å². The number of benzene rings is 1. The van der Waals surface area contributed by atoms with Gasteiger partial charge in [-0.15, -0.1) is 0 Å². The van der Waals surface area contributed by atoms with Gasteiger partial charge in [-0.05, 0) is 43.9 Å². The third kappa shape index (κ3) is 2.37. The summed E-state index contributed by atoms with van der Waals surface area (Å²) in [6.45, 7) is 4.72. The molecule has 0 atom stereocenters. The summed E-state index contributed by atoms with van der Waals surface area (Å²) in [7, 11) is 0. The van der Waals surface area contributed by atoms with Crippen LogP contribution < -0.4 is 5.32 Å². The average molecular weight is 256 g/mol. The summed E-state index contributed by atoms with van der Waals surface area (Å²) in [4.78, 5) is 14.7. The molecule has 1 N–H and O–H groups in total. The van der Waals surface area contributed by atoms with E-state index in [0.29, 0.717) is 0 Å². The van der Waals surface area contributed by atoms with Crippen molar-refractivity contribution in [3.63, 3.8) is 0 Å². The molecule has 0 spiro atoms. The van der Waals surface area contributed by atoms with Gasteiger partial charge in [0.15, 0.2) is 0 Å². The Labute approximate surface area is 114 Å². The minimum atomic E-state index is 0.188. The molecule has 0 aromatic heterocycles. The van der Waals surface area contributed by atoms with E-state index in [2.05, 4.69) is 24.4 Å². The molecule has 0 radical (unpaired) electrons. The lowest BCUT2D eigenvalue weighted by Gasteiger charge is -2.28. The molecule has 2 aliphatic heterocycles. The van der Waals surface area contributed by atoms with E-state index in [1.165, 1.54) is 11.1 Å². The first-order valence-corrected chi connectivity index (χ1v) is 7.06. The van der Waals surface area contributed by atoms with Gasteiger partial charge in [0.1, 0.15) is 0 Å². The van der Waals surface area contributed by atoms with Gasteiger partial charge < -0.3 is 10.2 Å². The first-order valence-electron chi connectivity index (χ1n) is 7.06. The van der Waals surface area contributed by atoms with Gasteiger partial charge >= 0.3 is 0 Å². The van der Waals surface area contributed by atoms with Crippen LogP contribution in [0.4, 0.5) is 5.69 Å². The highest BCUT2D eigenvalue weighted by molar-refractivity contribution is 5.97. The monoisotopic (exact) mass is 256 g/mol. The SMILES string of the molecule is CC1=CCCN(C(=O)c2cccc3c2CCCN3)C1. The Morgan fingerprint density at radius 3 is 3.11 bits per heavy atom. The summed E-state index contributed by atoms with van der Waals surface area (Å²) < 4.78 is 0. The molecular formula is C16H20N2O. The highest BCUT2D eigenvalue weighted by atomic mass is 16.2. The van der Waals surface area contributed by atoms with Crippen LogP contribution >= 0.6 is 0 Å². The number of amides is 1. The van der Waals surface area contributed by atoms with Crippen molar-refractivity contribution in [2.24, 2.45) is 0 Å². The molecule has 1 aromatic rings. The summed E-state index contributed by atoms with van der Waals surface area (Å²) in [5.74, 6) is 0.188. The first-order chi connectivity index (χ1) is 9.25. The Kier molecular flexibility index (Phi) is 3.28. The van der Waals surface area contributed by atoms with E-state index in [-0.39, 0.29) is 5.91 Å². The minimum Gasteiger partial charge on any atom is -0.385 e. The van der Waals surface area contributed by atoms with E-state index in [1.807, 2.05) is 17.0 Å². The maximum absolute atomic E-state index is 12.7. The predicted octanol–water partition coefficient (Wildman–Crippen LogP) is 2.84. The molecular weight excluding hydrogens is 236 g/mol. The number of fused-ring (bicyclic) bond motifs is 1. The molecule has 0 saturated carbocycles. The lowest BCUT2D eigenvalue weighted by atomic mass is 9.96. The second-order valence-corrected chi connectivity index (χ2v) is 5.43. The fourth-order valence-corrected chi connectivity index (χ4v) is 2.97. The highest BCUT2D eigenvalue weighted by Gasteiger charge is 2.22. The van der Waals surface area contributed by atoms with Crippen molar-refractivity contribution in [3.05, 3.63) is 41.0 Å². The van der Waals surface area contributed by atoms with Gasteiger partial charge in [-0.3, -0.25) is 4.79 Å². The average Bonchev–Trinajstić information content (AvgIpc) is 2.46. The van der Waals surface area contributed by atoms with Crippen LogP contribution in [0.15, 0.2) is 29.8 Å². The molecule has 100 valence electrons. The Morgan fingerprint density at radius 1 is 1.37 bits per heavy atom. The van der Waals surface area contributed by atoms with Crippen molar-refractivity contribution >= 4 is 11.6 Å².